The number of para-hydroxylation sites is 2. The highest BCUT2D eigenvalue weighted by Crippen LogP contribution is 2.38. The predicted octanol–water partition coefficient (Wildman–Crippen LogP) is 2.78. The summed E-state index contributed by atoms with van der Waals surface area (Å²) in [6.07, 6.45) is 1.62. The molecule has 0 saturated heterocycles. The van der Waals surface area contributed by atoms with Crippen molar-refractivity contribution < 1.29 is 28.9 Å². The van der Waals surface area contributed by atoms with Gasteiger partial charge in [-0.2, -0.15) is 0 Å². The number of aromatic nitrogens is 1. The number of rotatable bonds is 9. The van der Waals surface area contributed by atoms with E-state index >= 15 is 0 Å². The lowest BCUT2D eigenvalue weighted by Gasteiger charge is -2.23. The molecule has 3 rings (SSSR count). The van der Waals surface area contributed by atoms with Crippen LogP contribution in [0.4, 0.5) is 5.69 Å². The van der Waals surface area contributed by atoms with Gasteiger partial charge in [-0.25, -0.2) is 0 Å². The van der Waals surface area contributed by atoms with Gasteiger partial charge in [-0.1, -0.05) is 18.2 Å². The van der Waals surface area contributed by atoms with E-state index in [1.165, 1.54) is 44.4 Å². The first-order valence-corrected chi connectivity index (χ1v) is 10.0. The SMILES string of the molecule is COc1cc(C(=O)NCC(=O)N(Cc2ccccn2)c2ccccc2O)cc(OC)c1OC. The summed E-state index contributed by atoms with van der Waals surface area (Å²) in [5.74, 6) is 0.00527. The maximum Gasteiger partial charge on any atom is 0.251 e. The van der Waals surface area contributed by atoms with Crippen molar-refractivity contribution in [1.82, 2.24) is 10.3 Å². The number of carbonyl (C=O) groups excluding carboxylic acids is 2. The van der Waals surface area contributed by atoms with E-state index in [2.05, 4.69) is 10.3 Å². The molecule has 1 heterocycles. The number of hydrogen-bond donors (Lipinski definition) is 2. The van der Waals surface area contributed by atoms with Gasteiger partial charge in [-0.3, -0.25) is 14.6 Å². The average molecular weight is 451 g/mol. The lowest BCUT2D eigenvalue weighted by Crippen LogP contribution is -2.40. The van der Waals surface area contributed by atoms with E-state index in [-0.39, 0.29) is 24.4 Å². The molecule has 0 fully saturated rings. The number of anilines is 1. The highest BCUT2D eigenvalue weighted by atomic mass is 16.5. The maximum atomic E-state index is 13.1. The minimum Gasteiger partial charge on any atom is -0.506 e. The average Bonchev–Trinajstić information content (AvgIpc) is 2.85. The first-order valence-electron chi connectivity index (χ1n) is 10.0. The summed E-state index contributed by atoms with van der Waals surface area (Å²) >= 11 is 0. The molecule has 2 N–H and O–H groups in total. The zero-order chi connectivity index (χ0) is 23.8. The molecule has 0 aliphatic rings. The van der Waals surface area contributed by atoms with E-state index < -0.39 is 11.8 Å². The predicted molar refractivity (Wildman–Crippen MR) is 122 cm³/mol. The Morgan fingerprint density at radius 3 is 2.21 bits per heavy atom. The summed E-state index contributed by atoms with van der Waals surface area (Å²) in [6, 6.07) is 14.8. The van der Waals surface area contributed by atoms with Crippen LogP contribution < -0.4 is 24.4 Å². The van der Waals surface area contributed by atoms with Crippen LogP contribution >= 0.6 is 0 Å². The van der Waals surface area contributed by atoms with Crippen molar-refractivity contribution in [2.45, 2.75) is 6.54 Å². The van der Waals surface area contributed by atoms with Crippen molar-refractivity contribution in [3.63, 3.8) is 0 Å². The fraction of sp³-hybridized carbons (Fsp3) is 0.208. The topological polar surface area (TPSA) is 110 Å². The van der Waals surface area contributed by atoms with Crippen LogP contribution in [0.15, 0.2) is 60.8 Å². The largest absolute Gasteiger partial charge is 0.506 e. The minimum atomic E-state index is -0.502. The van der Waals surface area contributed by atoms with Crippen molar-refractivity contribution in [2.75, 3.05) is 32.8 Å². The standard InChI is InChI=1S/C24H25N3O6/c1-31-20-12-16(13-21(32-2)23(20)33-3)24(30)26-14-22(29)27(15-17-8-6-7-11-25-17)18-9-4-5-10-19(18)28/h4-13,28H,14-15H2,1-3H3,(H,26,30). The third-order valence-corrected chi connectivity index (χ3v) is 4.85. The number of aromatic hydroxyl groups is 1. The minimum absolute atomic E-state index is 0.0577. The summed E-state index contributed by atoms with van der Waals surface area (Å²) in [5.41, 5.74) is 1.18. The lowest BCUT2D eigenvalue weighted by molar-refractivity contribution is -0.117. The van der Waals surface area contributed by atoms with Gasteiger partial charge in [0.15, 0.2) is 11.5 Å². The molecule has 9 nitrogen and oxygen atoms in total. The van der Waals surface area contributed by atoms with E-state index in [9.17, 15) is 14.7 Å². The van der Waals surface area contributed by atoms with E-state index in [1.807, 2.05) is 6.07 Å². The Morgan fingerprint density at radius 2 is 1.64 bits per heavy atom. The Morgan fingerprint density at radius 1 is 0.970 bits per heavy atom. The van der Waals surface area contributed by atoms with E-state index in [0.29, 0.717) is 28.6 Å². The summed E-state index contributed by atoms with van der Waals surface area (Å²) in [5, 5.41) is 12.9. The smallest absolute Gasteiger partial charge is 0.251 e. The molecule has 33 heavy (non-hydrogen) atoms. The number of amides is 2. The number of benzene rings is 2. The van der Waals surface area contributed by atoms with E-state index in [4.69, 9.17) is 14.2 Å². The first-order chi connectivity index (χ1) is 16.0. The molecule has 2 amide bonds. The number of ether oxygens (including phenoxy) is 3. The normalized spacial score (nSPS) is 10.3. The Hall–Kier alpha value is -4.27. The summed E-state index contributed by atoms with van der Waals surface area (Å²) in [7, 11) is 4.36. The third-order valence-electron chi connectivity index (χ3n) is 4.85. The molecule has 0 bridgehead atoms. The van der Waals surface area contributed by atoms with Crippen LogP contribution in [0.25, 0.3) is 0 Å². The van der Waals surface area contributed by atoms with Gasteiger partial charge in [-0.05, 0) is 36.4 Å². The number of carbonyl (C=O) groups is 2. The van der Waals surface area contributed by atoms with E-state index in [0.717, 1.165) is 0 Å². The molecule has 0 aliphatic carbocycles. The van der Waals surface area contributed by atoms with Crippen LogP contribution in [-0.2, 0) is 11.3 Å². The highest BCUT2D eigenvalue weighted by molar-refractivity contribution is 6.01. The lowest BCUT2D eigenvalue weighted by atomic mass is 10.1. The van der Waals surface area contributed by atoms with Gasteiger partial charge < -0.3 is 29.5 Å². The number of methoxy groups -OCH3 is 3. The van der Waals surface area contributed by atoms with Gasteiger partial charge in [0.05, 0.1) is 45.8 Å². The molecular weight excluding hydrogens is 426 g/mol. The fourth-order valence-corrected chi connectivity index (χ4v) is 3.22. The molecule has 3 aromatic rings. The van der Waals surface area contributed by atoms with Crippen LogP contribution in [0.2, 0.25) is 0 Å². The Bertz CT molecular complexity index is 1100. The molecule has 0 unspecified atom stereocenters. The molecule has 0 saturated carbocycles. The first kappa shape index (κ1) is 23.4. The van der Waals surface area contributed by atoms with Crippen LogP contribution in [0.3, 0.4) is 0 Å². The number of hydrogen-bond acceptors (Lipinski definition) is 7. The number of nitrogens with one attached hydrogen (secondary N) is 1. The molecular formula is C24H25N3O6. The van der Waals surface area contributed by atoms with Gasteiger partial charge in [0, 0.05) is 11.8 Å². The second kappa shape index (κ2) is 10.9. The molecule has 172 valence electrons. The van der Waals surface area contributed by atoms with Crippen LogP contribution in [0.1, 0.15) is 16.1 Å². The van der Waals surface area contributed by atoms with Crippen molar-refractivity contribution in [3.8, 4) is 23.0 Å². The molecule has 0 radical (unpaired) electrons. The number of pyridine rings is 1. The van der Waals surface area contributed by atoms with Crippen LogP contribution in [0, 0.1) is 0 Å². The van der Waals surface area contributed by atoms with Crippen molar-refractivity contribution in [2.24, 2.45) is 0 Å². The van der Waals surface area contributed by atoms with Crippen molar-refractivity contribution >= 4 is 17.5 Å². The second-order valence-corrected chi connectivity index (χ2v) is 6.89. The number of phenolic OH excluding ortho intramolecular Hbond substituents is 1. The van der Waals surface area contributed by atoms with Crippen LogP contribution in [0.5, 0.6) is 23.0 Å². The molecule has 0 spiro atoms. The Kier molecular flexibility index (Phi) is 7.69. The summed E-state index contributed by atoms with van der Waals surface area (Å²) in [4.78, 5) is 31.5. The van der Waals surface area contributed by atoms with Crippen molar-refractivity contribution in [3.05, 3.63) is 72.1 Å². The fourth-order valence-electron chi connectivity index (χ4n) is 3.22. The molecule has 1 aromatic heterocycles. The Balaban J connectivity index is 1.80. The molecule has 9 heteroatoms. The molecule has 0 atom stereocenters. The third kappa shape index (κ3) is 5.51. The van der Waals surface area contributed by atoms with Crippen molar-refractivity contribution in [1.29, 1.82) is 0 Å². The second-order valence-electron chi connectivity index (χ2n) is 6.89. The maximum absolute atomic E-state index is 13.1. The number of nitrogens with zero attached hydrogens (tertiary/aromatic N) is 2. The quantitative estimate of drug-likeness (QED) is 0.515. The van der Waals surface area contributed by atoms with Crippen LogP contribution in [-0.4, -0.2) is 49.8 Å². The Labute approximate surface area is 191 Å². The molecule has 2 aromatic carbocycles. The zero-order valence-corrected chi connectivity index (χ0v) is 18.6. The summed E-state index contributed by atoms with van der Waals surface area (Å²) in [6.45, 7) is -0.187. The molecule has 0 aliphatic heterocycles. The summed E-state index contributed by atoms with van der Waals surface area (Å²) < 4.78 is 15.8. The highest BCUT2D eigenvalue weighted by Gasteiger charge is 2.22. The van der Waals surface area contributed by atoms with Gasteiger partial charge in [0.2, 0.25) is 11.7 Å². The van der Waals surface area contributed by atoms with Gasteiger partial charge in [-0.15, -0.1) is 0 Å². The van der Waals surface area contributed by atoms with E-state index in [1.54, 1.807) is 36.5 Å². The van der Waals surface area contributed by atoms with Gasteiger partial charge in [0.1, 0.15) is 5.75 Å². The van der Waals surface area contributed by atoms with Gasteiger partial charge >= 0.3 is 0 Å². The van der Waals surface area contributed by atoms with Gasteiger partial charge in [0.25, 0.3) is 5.91 Å². The zero-order valence-electron chi connectivity index (χ0n) is 18.6. The number of phenols is 1. The monoisotopic (exact) mass is 451 g/mol.